The molecule has 31 heavy (non-hydrogen) atoms. The first kappa shape index (κ1) is 22.3. The monoisotopic (exact) mass is 434 g/mol. The van der Waals surface area contributed by atoms with E-state index in [0.29, 0.717) is 18.7 Å². The molecule has 0 aliphatic carbocycles. The third-order valence-electron chi connectivity index (χ3n) is 5.00. The van der Waals surface area contributed by atoms with Crippen molar-refractivity contribution in [2.45, 2.75) is 26.0 Å². The second-order valence-corrected chi connectivity index (χ2v) is 7.12. The molecule has 2 heterocycles. The minimum absolute atomic E-state index is 0.0776. The molecule has 1 saturated heterocycles. The Labute approximate surface area is 178 Å². The summed E-state index contributed by atoms with van der Waals surface area (Å²) in [5, 5.41) is 2.44. The molecule has 1 aliphatic heterocycles. The van der Waals surface area contributed by atoms with E-state index in [1.165, 1.54) is 36.3 Å². The maximum atomic E-state index is 13.1. The Morgan fingerprint density at radius 1 is 1.23 bits per heavy atom. The summed E-state index contributed by atoms with van der Waals surface area (Å²) in [6.07, 6.45) is 3.29. The smallest absolute Gasteiger partial charge is 0.387 e. The molecule has 0 bridgehead atoms. The highest BCUT2D eigenvalue weighted by molar-refractivity contribution is 6.00. The van der Waals surface area contributed by atoms with Crippen molar-refractivity contribution >= 4 is 17.7 Å². The van der Waals surface area contributed by atoms with Crippen molar-refractivity contribution in [1.82, 2.24) is 20.1 Å². The molecule has 0 saturated carbocycles. The lowest BCUT2D eigenvalue weighted by molar-refractivity contribution is -0.121. The number of hydrogen-bond donors (Lipinski definition) is 2. The molecule has 0 spiro atoms. The topological polar surface area (TPSA) is 94.7 Å². The predicted octanol–water partition coefficient (Wildman–Crippen LogP) is 2.24. The number of aromatic nitrogens is 1. The third-order valence-corrected chi connectivity index (χ3v) is 5.00. The standard InChI is InChI=1S/C21H24F2N4O4/c1-24-18(28)13-27(12-14-6-2-3-7-17(14)31-21(22)23)19(29)15-10-16(25-11-15)20(30)26-8-4-5-9-26/h2-3,6-7,10-11,21,25H,4-5,8-9,12-13H2,1H3,(H,24,28). The Balaban J connectivity index is 1.81. The van der Waals surface area contributed by atoms with Crippen LogP contribution in [0, 0.1) is 0 Å². The van der Waals surface area contributed by atoms with Crippen LogP contribution in [0.25, 0.3) is 0 Å². The van der Waals surface area contributed by atoms with Crippen LogP contribution in [0.5, 0.6) is 5.75 Å². The number of rotatable bonds is 8. The molecule has 166 valence electrons. The van der Waals surface area contributed by atoms with E-state index in [1.54, 1.807) is 17.0 Å². The fourth-order valence-electron chi connectivity index (χ4n) is 3.42. The van der Waals surface area contributed by atoms with Gasteiger partial charge < -0.3 is 24.8 Å². The quantitative estimate of drug-likeness (QED) is 0.666. The highest BCUT2D eigenvalue weighted by Gasteiger charge is 2.25. The van der Waals surface area contributed by atoms with Crippen LogP contribution in [0.1, 0.15) is 39.3 Å². The number of carbonyl (C=O) groups is 3. The van der Waals surface area contributed by atoms with Gasteiger partial charge in [0, 0.05) is 31.9 Å². The Hall–Kier alpha value is -3.43. The minimum atomic E-state index is -3.02. The van der Waals surface area contributed by atoms with Crippen LogP contribution in [-0.4, -0.2) is 65.8 Å². The maximum absolute atomic E-state index is 13.1. The number of nitrogens with one attached hydrogen (secondary N) is 2. The van der Waals surface area contributed by atoms with E-state index in [2.05, 4.69) is 15.0 Å². The van der Waals surface area contributed by atoms with Crippen molar-refractivity contribution in [2.24, 2.45) is 0 Å². The van der Waals surface area contributed by atoms with Gasteiger partial charge in [-0.3, -0.25) is 14.4 Å². The van der Waals surface area contributed by atoms with Crippen LogP contribution in [0.4, 0.5) is 8.78 Å². The van der Waals surface area contributed by atoms with Gasteiger partial charge in [-0.2, -0.15) is 8.78 Å². The maximum Gasteiger partial charge on any atom is 0.387 e. The number of likely N-dealkylation sites (N-methyl/N-ethyl adjacent to an activating group) is 1. The number of nitrogens with zero attached hydrogens (tertiary/aromatic N) is 2. The second-order valence-electron chi connectivity index (χ2n) is 7.12. The molecule has 1 aromatic heterocycles. The van der Waals surface area contributed by atoms with Crippen molar-refractivity contribution in [2.75, 3.05) is 26.7 Å². The number of carbonyl (C=O) groups excluding carboxylic acids is 3. The van der Waals surface area contributed by atoms with E-state index >= 15 is 0 Å². The van der Waals surface area contributed by atoms with Crippen LogP contribution in [0.3, 0.4) is 0 Å². The number of para-hydroxylation sites is 1. The first-order chi connectivity index (χ1) is 14.9. The first-order valence-corrected chi connectivity index (χ1v) is 9.89. The highest BCUT2D eigenvalue weighted by Crippen LogP contribution is 2.23. The van der Waals surface area contributed by atoms with Gasteiger partial charge in [0.15, 0.2) is 0 Å². The molecule has 3 rings (SSSR count). The van der Waals surface area contributed by atoms with Gasteiger partial charge in [0.1, 0.15) is 18.0 Å². The van der Waals surface area contributed by atoms with Crippen molar-refractivity contribution in [1.29, 1.82) is 0 Å². The molecular formula is C21H24F2N4O4. The number of hydrogen-bond acceptors (Lipinski definition) is 4. The summed E-state index contributed by atoms with van der Waals surface area (Å²) >= 11 is 0. The zero-order valence-electron chi connectivity index (χ0n) is 17.1. The molecule has 2 aromatic rings. The number of ether oxygens (including phenoxy) is 1. The molecule has 0 radical (unpaired) electrons. The molecule has 1 fully saturated rings. The van der Waals surface area contributed by atoms with Crippen molar-refractivity contribution in [3.8, 4) is 5.75 Å². The van der Waals surface area contributed by atoms with Gasteiger partial charge >= 0.3 is 6.61 Å². The number of benzene rings is 1. The lowest BCUT2D eigenvalue weighted by Crippen LogP contribution is -2.39. The molecule has 0 atom stereocenters. The average Bonchev–Trinajstić information content (AvgIpc) is 3.45. The number of aromatic amines is 1. The Morgan fingerprint density at radius 2 is 1.94 bits per heavy atom. The summed E-state index contributed by atoms with van der Waals surface area (Å²) in [7, 11) is 1.43. The predicted molar refractivity (Wildman–Crippen MR) is 108 cm³/mol. The van der Waals surface area contributed by atoms with Crippen LogP contribution >= 0.6 is 0 Å². The van der Waals surface area contributed by atoms with Crippen molar-refractivity contribution < 1.29 is 27.9 Å². The number of likely N-dealkylation sites (tertiary alicyclic amines) is 1. The minimum Gasteiger partial charge on any atom is -0.434 e. The SMILES string of the molecule is CNC(=O)CN(Cc1ccccc1OC(F)F)C(=O)c1c[nH]c(C(=O)N2CCCC2)c1. The molecule has 2 N–H and O–H groups in total. The zero-order valence-corrected chi connectivity index (χ0v) is 17.1. The zero-order chi connectivity index (χ0) is 22.4. The fourth-order valence-corrected chi connectivity index (χ4v) is 3.42. The van der Waals surface area contributed by atoms with Crippen LogP contribution < -0.4 is 10.1 Å². The molecule has 1 aromatic carbocycles. The first-order valence-electron chi connectivity index (χ1n) is 9.89. The molecule has 3 amide bonds. The van der Waals surface area contributed by atoms with Crippen molar-refractivity contribution in [3.63, 3.8) is 0 Å². The number of H-pyrrole nitrogens is 1. The number of halogens is 2. The lowest BCUT2D eigenvalue weighted by Gasteiger charge is -2.23. The van der Waals surface area contributed by atoms with E-state index in [9.17, 15) is 23.2 Å². The van der Waals surface area contributed by atoms with Gasteiger partial charge in [-0.15, -0.1) is 0 Å². The lowest BCUT2D eigenvalue weighted by atomic mass is 10.1. The van der Waals surface area contributed by atoms with Crippen molar-refractivity contribution in [3.05, 3.63) is 53.3 Å². The second kappa shape index (κ2) is 10.1. The van der Waals surface area contributed by atoms with Gasteiger partial charge in [-0.25, -0.2) is 0 Å². The number of amides is 3. The van der Waals surface area contributed by atoms with Gasteiger partial charge in [0.05, 0.1) is 12.1 Å². The van der Waals surface area contributed by atoms with Gasteiger partial charge in [-0.05, 0) is 25.0 Å². The summed E-state index contributed by atoms with van der Waals surface area (Å²) in [5.41, 5.74) is 0.800. The summed E-state index contributed by atoms with van der Waals surface area (Å²) in [6, 6.07) is 7.52. The van der Waals surface area contributed by atoms with E-state index in [1.807, 2.05) is 0 Å². The van der Waals surface area contributed by atoms with Gasteiger partial charge in [-0.1, -0.05) is 18.2 Å². The summed E-state index contributed by atoms with van der Waals surface area (Å²) in [5.74, 6) is -1.21. The van der Waals surface area contributed by atoms with Crippen LogP contribution in [0.2, 0.25) is 0 Å². The highest BCUT2D eigenvalue weighted by atomic mass is 19.3. The van der Waals surface area contributed by atoms with E-state index in [-0.39, 0.29) is 36.0 Å². The largest absolute Gasteiger partial charge is 0.434 e. The normalized spacial score (nSPS) is 13.4. The van der Waals surface area contributed by atoms with Crippen LogP contribution in [0.15, 0.2) is 36.5 Å². The Kier molecular flexibility index (Phi) is 7.22. The summed E-state index contributed by atoms with van der Waals surface area (Å²) < 4.78 is 30.0. The Morgan fingerprint density at radius 3 is 2.61 bits per heavy atom. The molecule has 1 aliphatic rings. The average molecular weight is 434 g/mol. The molecule has 10 heteroatoms. The molecular weight excluding hydrogens is 410 g/mol. The summed E-state index contributed by atoms with van der Waals surface area (Å²) in [4.78, 5) is 43.4. The summed E-state index contributed by atoms with van der Waals surface area (Å²) in [6.45, 7) is -2.10. The fraction of sp³-hybridized carbons (Fsp3) is 0.381. The molecule has 0 unspecified atom stereocenters. The molecule has 8 nitrogen and oxygen atoms in total. The van der Waals surface area contributed by atoms with Crippen LogP contribution in [-0.2, 0) is 11.3 Å². The van der Waals surface area contributed by atoms with E-state index in [4.69, 9.17) is 0 Å². The van der Waals surface area contributed by atoms with Gasteiger partial charge in [0.25, 0.3) is 11.8 Å². The van der Waals surface area contributed by atoms with Gasteiger partial charge in [0.2, 0.25) is 5.91 Å². The third kappa shape index (κ3) is 5.59. The Bertz CT molecular complexity index is 941. The van der Waals surface area contributed by atoms with E-state index in [0.717, 1.165) is 12.8 Å². The number of alkyl halides is 2. The van der Waals surface area contributed by atoms with E-state index < -0.39 is 18.4 Å².